The fourth-order valence-corrected chi connectivity index (χ4v) is 2.55. The minimum atomic E-state index is -0.223. The summed E-state index contributed by atoms with van der Waals surface area (Å²) < 4.78 is 0. The summed E-state index contributed by atoms with van der Waals surface area (Å²) in [5, 5.41) is 6.20. The average Bonchev–Trinajstić information content (AvgIpc) is 2.65. The maximum absolute atomic E-state index is 12.5. The Bertz CT molecular complexity index is 730. The zero-order valence-electron chi connectivity index (χ0n) is 15.1. The van der Waals surface area contributed by atoms with Crippen LogP contribution in [0.25, 0.3) is 0 Å². The highest BCUT2D eigenvalue weighted by Gasteiger charge is 2.13. The van der Waals surface area contributed by atoms with E-state index in [0.29, 0.717) is 22.8 Å². The van der Waals surface area contributed by atoms with Crippen molar-refractivity contribution in [1.29, 1.82) is 0 Å². The number of urea groups is 1. The van der Waals surface area contributed by atoms with Crippen LogP contribution >= 0.6 is 11.6 Å². The fourth-order valence-electron chi connectivity index (χ4n) is 2.42. The summed E-state index contributed by atoms with van der Waals surface area (Å²) in [5.41, 5.74) is 1.97. The number of rotatable bonds is 7. The first-order valence-electron chi connectivity index (χ1n) is 8.70. The van der Waals surface area contributed by atoms with Crippen LogP contribution in [-0.4, -0.2) is 25.5 Å². The van der Waals surface area contributed by atoms with Crippen molar-refractivity contribution >= 4 is 34.9 Å². The van der Waals surface area contributed by atoms with Gasteiger partial charge in [0.1, 0.15) is 0 Å². The molecule has 0 unspecified atom stereocenters. The van der Waals surface area contributed by atoms with E-state index < -0.39 is 0 Å². The third-order valence-corrected chi connectivity index (χ3v) is 4.23. The Kier molecular flexibility index (Phi) is 7.48. The monoisotopic (exact) mass is 373 g/mol. The van der Waals surface area contributed by atoms with E-state index in [1.54, 1.807) is 60.5 Å². The maximum atomic E-state index is 12.5. The van der Waals surface area contributed by atoms with Crippen LogP contribution in [0.4, 0.5) is 16.2 Å². The lowest BCUT2D eigenvalue weighted by Gasteiger charge is -2.18. The molecule has 0 radical (unpaired) electrons. The molecule has 0 spiro atoms. The minimum Gasteiger partial charge on any atom is -0.338 e. The molecule has 0 aliphatic heterocycles. The first kappa shape index (κ1) is 19.8. The van der Waals surface area contributed by atoms with Crippen molar-refractivity contribution in [3.63, 3.8) is 0 Å². The molecule has 0 fully saturated rings. The summed E-state index contributed by atoms with van der Waals surface area (Å²) in [6.45, 7) is 2.78. The minimum absolute atomic E-state index is 0.129. The Labute approximate surface area is 159 Å². The number of halogens is 1. The Morgan fingerprint density at radius 3 is 2.27 bits per heavy atom. The topological polar surface area (TPSA) is 61.4 Å². The van der Waals surface area contributed by atoms with Gasteiger partial charge in [-0.3, -0.25) is 4.79 Å². The van der Waals surface area contributed by atoms with Crippen molar-refractivity contribution in [2.24, 2.45) is 0 Å². The molecule has 0 aliphatic rings. The van der Waals surface area contributed by atoms with Crippen LogP contribution in [0.1, 0.15) is 36.5 Å². The number of hydrogen-bond donors (Lipinski definition) is 2. The lowest BCUT2D eigenvalue weighted by atomic mass is 10.2. The van der Waals surface area contributed by atoms with Gasteiger partial charge in [-0.05, 0) is 55.0 Å². The number of anilines is 2. The molecule has 0 aromatic heterocycles. The molecule has 0 heterocycles. The van der Waals surface area contributed by atoms with Gasteiger partial charge in [0.2, 0.25) is 0 Å². The van der Waals surface area contributed by atoms with Gasteiger partial charge in [0.25, 0.3) is 5.91 Å². The largest absolute Gasteiger partial charge is 0.338 e. The lowest BCUT2D eigenvalue weighted by molar-refractivity contribution is 0.0993. The number of hydrogen-bond acceptors (Lipinski definition) is 2. The van der Waals surface area contributed by atoms with Crippen LogP contribution in [0, 0.1) is 0 Å². The maximum Gasteiger partial charge on any atom is 0.319 e. The molecule has 5 nitrogen and oxygen atoms in total. The number of nitrogens with one attached hydrogen (secondary N) is 2. The summed E-state index contributed by atoms with van der Waals surface area (Å²) in [5.74, 6) is -0.129. The molecular formula is C20H24ClN3O2. The van der Waals surface area contributed by atoms with Gasteiger partial charge in [0.05, 0.1) is 0 Å². The van der Waals surface area contributed by atoms with E-state index in [0.717, 1.165) is 24.9 Å². The quantitative estimate of drug-likeness (QED) is 0.676. The Balaban J connectivity index is 1.92. The SMILES string of the molecule is CCCCCNC(=O)Nc1ccc(N(C)C(=O)c2ccc(Cl)cc2)cc1. The third-order valence-electron chi connectivity index (χ3n) is 3.97. The average molecular weight is 374 g/mol. The number of unbranched alkanes of at least 4 members (excludes halogenated alkanes) is 2. The van der Waals surface area contributed by atoms with Gasteiger partial charge in [0, 0.05) is 35.6 Å². The third kappa shape index (κ3) is 5.77. The predicted molar refractivity (Wildman–Crippen MR) is 107 cm³/mol. The number of carbonyl (C=O) groups excluding carboxylic acids is 2. The number of carbonyl (C=O) groups is 2. The van der Waals surface area contributed by atoms with E-state index in [1.165, 1.54) is 0 Å². The summed E-state index contributed by atoms with van der Waals surface area (Å²) in [7, 11) is 1.71. The Morgan fingerprint density at radius 2 is 1.65 bits per heavy atom. The van der Waals surface area contributed by atoms with Gasteiger partial charge in [0.15, 0.2) is 0 Å². The molecule has 0 atom stereocenters. The highest BCUT2D eigenvalue weighted by Crippen LogP contribution is 2.19. The fraction of sp³-hybridized carbons (Fsp3) is 0.300. The molecule has 26 heavy (non-hydrogen) atoms. The standard InChI is InChI=1S/C20H24ClN3O2/c1-3-4-5-14-22-20(26)23-17-10-12-18(13-11-17)24(2)19(25)15-6-8-16(21)9-7-15/h6-13H,3-5,14H2,1-2H3,(H2,22,23,26). The van der Waals surface area contributed by atoms with Gasteiger partial charge in [-0.2, -0.15) is 0 Å². The first-order chi connectivity index (χ1) is 12.5. The second kappa shape index (κ2) is 9.82. The second-order valence-corrected chi connectivity index (χ2v) is 6.44. The number of nitrogens with zero attached hydrogens (tertiary/aromatic N) is 1. The molecule has 6 heteroatoms. The first-order valence-corrected chi connectivity index (χ1v) is 9.07. The van der Waals surface area contributed by atoms with Crippen LogP contribution < -0.4 is 15.5 Å². The van der Waals surface area contributed by atoms with Crippen molar-refractivity contribution in [2.45, 2.75) is 26.2 Å². The van der Waals surface area contributed by atoms with Crippen molar-refractivity contribution < 1.29 is 9.59 Å². The zero-order valence-corrected chi connectivity index (χ0v) is 15.8. The summed E-state index contributed by atoms with van der Waals surface area (Å²) >= 11 is 5.85. The van der Waals surface area contributed by atoms with Crippen molar-refractivity contribution in [1.82, 2.24) is 5.32 Å². The molecule has 138 valence electrons. The van der Waals surface area contributed by atoms with E-state index >= 15 is 0 Å². The predicted octanol–water partition coefficient (Wildman–Crippen LogP) is 4.93. The van der Waals surface area contributed by atoms with Gasteiger partial charge >= 0.3 is 6.03 Å². The molecular weight excluding hydrogens is 350 g/mol. The molecule has 2 rings (SSSR count). The van der Waals surface area contributed by atoms with Gasteiger partial charge in [-0.1, -0.05) is 31.4 Å². The Morgan fingerprint density at radius 1 is 1.00 bits per heavy atom. The van der Waals surface area contributed by atoms with Crippen molar-refractivity contribution in [3.8, 4) is 0 Å². The van der Waals surface area contributed by atoms with Crippen LogP contribution in [0.3, 0.4) is 0 Å². The molecule has 2 aromatic carbocycles. The van der Waals surface area contributed by atoms with Crippen LogP contribution in [0.5, 0.6) is 0 Å². The second-order valence-electron chi connectivity index (χ2n) is 6.01. The molecule has 3 amide bonds. The van der Waals surface area contributed by atoms with Gasteiger partial charge < -0.3 is 15.5 Å². The molecule has 2 aromatic rings. The Hall–Kier alpha value is -2.53. The van der Waals surface area contributed by atoms with Gasteiger partial charge in [-0.15, -0.1) is 0 Å². The lowest BCUT2D eigenvalue weighted by Crippen LogP contribution is -2.29. The zero-order chi connectivity index (χ0) is 18.9. The number of benzene rings is 2. The van der Waals surface area contributed by atoms with E-state index in [9.17, 15) is 9.59 Å². The summed E-state index contributed by atoms with van der Waals surface area (Å²) in [6, 6.07) is 13.7. The van der Waals surface area contributed by atoms with Crippen LogP contribution in [0.2, 0.25) is 5.02 Å². The molecule has 0 aliphatic carbocycles. The highest BCUT2D eigenvalue weighted by atomic mass is 35.5. The van der Waals surface area contributed by atoms with E-state index in [2.05, 4.69) is 17.6 Å². The molecule has 0 saturated heterocycles. The normalized spacial score (nSPS) is 10.3. The smallest absolute Gasteiger partial charge is 0.319 e. The van der Waals surface area contributed by atoms with Crippen molar-refractivity contribution in [2.75, 3.05) is 23.8 Å². The van der Waals surface area contributed by atoms with Crippen LogP contribution in [0.15, 0.2) is 48.5 Å². The summed E-state index contributed by atoms with van der Waals surface area (Å²) in [4.78, 5) is 25.9. The van der Waals surface area contributed by atoms with Crippen molar-refractivity contribution in [3.05, 3.63) is 59.1 Å². The van der Waals surface area contributed by atoms with Gasteiger partial charge in [-0.25, -0.2) is 4.79 Å². The molecule has 0 bridgehead atoms. The van der Waals surface area contributed by atoms with Crippen LogP contribution in [-0.2, 0) is 0 Å². The highest BCUT2D eigenvalue weighted by molar-refractivity contribution is 6.30. The van der Waals surface area contributed by atoms with E-state index in [1.807, 2.05) is 0 Å². The molecule has 0 saturated carbocycles. The van der Waals surface area contributed by atoms with E-state index in [-0.39, 0.29) is 11.9 Å². The molecule has 2 N–H and O–H groups in total. The summed E-state index contributed by atoms with van der Waals surface area (Å²) in [6.07, 6.45) is 3.19. The number of amides is 3. The van der Waals surface area contributed by atoms with E-state index in [4.69, 9.17) is 11.6 Å².